The van der Waals surface area contributed by atoms with Crippen LogP contribution in [-0.4, -0.2) is 78.2 Å². The molecular weight excluding hydrogens is 626 g/mol. The van der Waals surface area contributed by atoms with Gasteiger partial charge in [-0.25, -0.2) is 9.59 Å². The third-order valence-corrected chi connectivity index (χ3v) is 9.92. The molecule has 1 saturated carbocycles. The van der Waals surface area contributed by atoms with Crippen molar-refractivity contribution in [2.24, 2.45) is 45.7 Å². The average Bonchev–Trinajstić information content (AvgIpc) is 3.21. The third kappa shape index (κ3) is 10.1. The van der Waals surface area contributed by atoms with Crippen molar-refractivity contribution in [2.45, 2.75) is 126 Å². The molecule has 1 heterocycles. The highest BCUT2D eigenvalue weighted by molar-refractivity contribution is 6.36. The predicted molar refractivity (Wildman–Crippen MR) is 187 cm³/mol. The summed E-state index contributed by atoms with van der Waals surface area (Å²) in [6.45, 7) is 21.3. The van der Waals surface area contributed by atoms with Gasteiger partial charge in [-0.2, -0.15) is 0 Å². The molecular formula is C37H61N5O7. The third-order valence-electron chi connectivity index (χ3n) is 9.92. The summed E-state index contributed by atoms with van der Waals surface area (Å²) in [5.74, 6) is -3.37. The van der Waals surface area contributed by atoms with Gasteiger partial charge in [-0.05, 0) is 46.5 Å². The Hall–Kier alpha value is -3.44. The number of allylic oxidation sites excluding steroid dienone is 1. The lowest BCUT2D eigenvalue weighted by molar-refractivity contribution is -0.151. The summed E-state index contributed by atoms with van der Waals surface area (Å²) in [5, 5.41) is 8.47. The summed E-state index contributed by atoms with van der Waals surface area (Å²) in [7, 11) is 0. The van der Waals surface area contributed by atoms with E-state index in [1.807, 2.05) is 62.3 Å². The van der Waals surface area contributed by atoms with Crippen LogP contribution in [0.2, 0.25) is 0 Å². The number of carbonyl (C=O) groups is 6. The molecule has 1 unspecified atom stereocenters. The summed E-state index contributed by atoms with van der Waals surface area (Å²) in [5.41, 5.74) is 5.67. The van der Waals surface area contributed by atoms with E-state index >= 15 is 0 Å². The first-order chi connectivity index (χ1) is 22.4. The number of nitrogens with one attached hydrogen (secondary N) is 3. The second kappa shape index (κ2) is 15.2. The zero-order valence-electron chi connectivity index (χ0n) is 31.6. The van der Waals surface area contributed by atoms with Crippen LogP contribution in [0, 0.1) is 39.9 Å². The number of ketones is 1. The van der Waals surface area contributed by atoms with Crippen molar-refractivity contribution in [1.82, 2.24) is 20.9 Å². The van der Waals surface area contributed by atoms with Crippen molar-refractivity contribution < 1.29 is 33.5 Å². The highest BCUT2D eigenvalue weighted by atomic mass is 16.5. The Balaban J connectivity index is 1.85. The summed E-state index contributed by atoms with van der Waals surface area (Å²) in [6.07, 6.45) is 4.25. The van der Waals surface area contributed by atoms with Crippen LogP contribution in [0.25, 0.3) is 0 Å². The quantitative estimate of drug-likeness (QED) is 0.129. The predicted octanol–water partition coefficient (Wildman–Crippen LogP) is 3.86. The molecule has 2 aliphatic carbocycles. The van der Waals surface area contributed by atoms with Crippen LogP contribution in [-0.2, 0) is 28.7 Å². The van der Waals surface area contributed by atoms with E-state index in [4.69, 9.17) is 10.5 Å². The van der Waals surface area contributed by atoms with Gasteiger partial charge < -0.3 is 31.3 Å². The largest absolute Gasteiger partial charge is 0.464 e. The highest BCUT2D eigenvalue weighted by Gasteiger charge is 2.52. The molecule has 5 N–H and O–H groups in total. The number of primary amides is 1. The Morgan fingerprint density at radius 2 is 1.47 bits per heavy atom. The number of hydrogen-bond donors (Lipinski definition) is 4. The minimum absolute atomic E-state index is 0.00688. The van der Waals surface area contributed by atoms with E-state index in [2.05, 4.69) is 29.8 Å². The number of Topliss-reactive ketones (excluding diaryl/α,β-unsaturated/α-hetero) is 1. The van der Waals surface area contributed by atoms with Crippen LogP contribution in [0.3, 0.4) is 0 Å². The van der Waals surface area contributed by atoms with E-state index in [9.17, 15) is 28.8 Å². The van der Waals surface area contributed by atoms with Crippen LogP contribution < -0.4 is 21.7 Å². The normalized spacial score (nSPS) is 21.5. The molecule has 0 aromatic rings. The molecule has 3 aliphatic rings. The van der Waals surface area contributed by atoms with Crippen molar-refractivity contribution in [2.75, 3.05) is 19.7 Å². The molecule has 0 spiro atoms. The lowest BCUT2D eigenvalue weighted by Gasteiger charge is -2.37. The van der Waals surface area contributed by atoms with Gasteiger partial charge in [0.05, 0.1) is 6.61 Å². The van der Waals surface area contributed by atoms with Crippen molar-refractivity contribution in [1.29, 1.82) is 0 Å². The molecule has 0 radical (unpaired) electrons. The maximum atomic E-state index is 14.5. The van der Waals surface area contributed by atoms with Gasteiger partial charge in [-0.15, -0.1) is 0 Å². The summed E-state index contributed by atoms with van der Waals surface area (Å²) in [4.78, 5) is 81.2. The lowest BCUT2D eigenvalue weighted by atomic mass is 9.72. The van der Waals surface area contributed by atoms with Gasteiger partial charge >= 0.3 is 12.0 Å². The van der Waals surface area contributed by atoms with Crippen LogP contribution >= 0.6 is 0 Å². The molecule has 276 valence electrons. The van der Waals surface area contributed by atoms with Crippen molar-refractivity contribution in [3.63, 3.8) is 0 Å². The zero-order chi connectivity index (χ0) is 37.2. The summed E-state index contributed by atoms with van der Waals surface area (Å²) >= 11 is 0. The van der Waals surface area contributed by atoms with Crippen molar-refractivity contribution in [3.8, 4) is 0 Å². The Kier molecular flexibility index (Phi) is 12.4. The molecule has 5 amide bonds. The van der Waals surface area contributed by atoms with Crippen LogP contribution in [0.1, 0.15) is 108 Å². The molecule has 1 saturated heterocycles. The maximum absolute atomic E-state index is 14.5. The minimum Gasteiger partial charge on any atom is -0.464 e. The number of amides is 5. The number of urea groups is 1. The number of nitrogens with two attached hydrogens (primary N) is 1. The van der Waals surface area contributed by atoms with Crippen molar-refractivity contribution in [3.05, 3.63) is 11.1 Å². The van der Waals surface area contributed by atoms with E-state index in [-0.39, 0.29) is 30.4 Å². The SMILES string of the molecule is CC(C)C1=C2[C@@H](C1)CN(C(=O)[C@@H](NC(=O)N[C@@H](C(=O)OCC(C)(C)C)C(C)(C)C)C(C)(C)C)[C@@H]2C(=O)NCC(CC1CCC1)C(=O)C(N)=O. The molecule has 49 heavy (non-hydrogen) atoms. The first-order valence-electron chi connectivity index (χ1n) is 17.8. The number of esters is 1. The number of likely N-dealkylation sites (tertiary alicyclic amines) is 1. The minimum atomic E-state index is -1.04. The monoisotopic (exact) mass is 687 g/mol. The fraction of sp³-hybridized carbons (Fsp3) is 0.784. The Bertz CT molecular complexity index is 1330. The Morgan fingerprint density at radius 1 is 0.898 bits per heavy atom. The number of nitrogens with zero attached hydrogens (tertiary/aromatic N) is 1. The van der Waals surface area contributed by atoms with Gasteiger partial charge in [0.1, 0.15) is 18.1 Å². The molecule has 0 bridgehead atoms. The number of rotatable bonds is 13. The lowest BCUT2D eigenvalue weighted by Crippen LogP contribution is -2.61. The fourth-order valence-electron chi connectivity index (χ4n) is 6.82. The Labute approximate surface area is 292 Å². The van der Waals surface area contributed by atoms with Gasteiger partial charge in [0, 0.05) is 24.9 Å². The second-order valence-corrected chi connectivity index (χ2v) is 18.0. The average molecular weight is 688 g/mol. The first kappa shape index (κ1) is 40.0. The number of fused-ring (bicyclic) bond motifs is 1. The van der Waals surface area contributed by atoms with E-state index in [0.29, 0.717) is 18.9 Å². The van der Waals surface area contributed by atoms with E-state index < -0.39 is 70.4 Å². The standard InChI is InChI=1S/C37H61N5O7/c1-20(2)24-16-23-18-42(26(25(23)24)31(45)39-17-22(27(43)30(38)44)15-21-13-12-14-21)32(46)28(36(6,7)8)40-34(48)41-29(37(9,10)11)33(47)49-19-35(3,4)5/h20-23,26,28-29H,12-19H2,1-11H3,(H2,38,44)(H,39,45)(H2,40,41,48)/t22?,23-,26-,28+,29-/m0/s1. The number of ether oxygens (including phenoxy) is 1. The molecule has 12 heteroatoms. The molecule has 12 nitrogen and oxygen atoms in total. The molecule has 5 atom stereocenters. The number of hydrogen-bond acceptors (Lipinski definition) is 7. The first-order valence-corrected chi connectivity index (χ1v) is 17.8. The van der Waals surface area contributed by atoms with Gasteiger partial charge in [0.2, 0.25) is 17.6 Å². The Morgan fingerprint density at radius 3 is 1.94 bits per heavy atom. The smallest absolute Gasteiger partial charge is 0.329 e. The van der Waals surface area contributed by atoms with Crippen molar-refractivity contribution >= 4 is 35.5 Å². The van der Waals surface area contributed by atoms with E-state index in [1.165, 1.54) is 4.90 Å². The summed E-state index contributed by atoms with van der Waals surface area (Å²) < 4.78 is 5.54. The van der Waals surface area contributed by atoms with E-state index in [0.717, 1.165) is 36.8 Å². The van der Waals surface area contributed by atoms with E-state index in [1.54, 1.807) is 0 Å². The zero-order valence-corrected chi connectivity index (χ0v) is 31.6. The summed E-state index contributed by atoms with van der Waals surface area (Å²) in [6, 6.07) is -3.64. The molecule has 0 aromatic carbocycles. The molecule has 2 fully saturated rings. The van der Waals surface area contributed by atoms with Crippen LogP contribution in [0.4, 0.5) is 4.79 Å². The van der Waals surface area contributed by atoms with Gasteiger partial charge in [-0.1, -0.05) is 101 Å². The molecule has 0 aromatic heterocycles. The van der Waals surface area contributed by atoms with Crippen LogP contribution in [0.15, 0.2) is 11.1 Å². The second-order valence-electron chi connectivity index (χ2n) is 18.0. The maximum Gasteiger partial charge on any atom is 0.329 e. The topological polar surface area (TPSA) is 177 Å². The van der Waals surface area contributed by atoms with Gasteiger partial charge in [-0.3, -0.25) is 19.2 Å². The van der Waals surface area contributed by atoms with Crippen LogP contribution in [0.5, 0.6) is 0 Å². The number of carbonyl (C=O) groups excluding carboxylic acids is 6. The van der Waals surface area contributed by atoms with Gasteiger partial charge in [0.25, 0.3) is 5.91 Å². The van der Waals surface area contributed by atoms with Gasteiger partial charge in [0.15, 0.2) is 0 Å². The molecule has 1 aliphatic heterocycles. The highest BCUT2D eigenvalue weighted by Crippen LogP contribution is 2.48. The fourth-order valence-corrected chi connectivity index (χ4v) is 6.82. The molecule has 3 rings (SSSR count).